The van der Waals surface area contributed by atoms with Crippen LogP contribution >= 0.6 is 15.9 Å². The normalized spacial score (nSPS) is 11.3. The Kier molecular flexibility index (Phi) is 7.12. The second kappa shape index (κ2) is 9.10. The Morgan fingerprint density at radius 1 is 1.08 bits per heavy atom. The van der Waals surface area contributed by atoms with Gasteiger partial charge in [-0.25, -0.2) is 13.1 Å². The molecule has 0 bridgehead atoms. The molecule has 1 amide bonds. The van der Waals surface area contributed by atoms with E-state index >= 15 is 0 Å². The van der Waals surface area contributed by atoms with Gasteiger partial charge in [-0.1, -0.05) is 28.1 Å². The third kappa shape index (κ3) is 5.93. The fourth-order valence-corrected chi connectivity index (χ4v) is 3.30. The molecule has 25 heavy (non-hydrogen) atoms. The average molecular weight is 427 g/mol. The van der Waals surface area contributed by atoms with Crippen LogP contribution < -0.4 is 10.0 Å². The Balaban J connectivity index is 1.95. The molecular weight excluding hydrogens is 408 g/mol. The lowest BCUT2D eigenvalue weighted by atomic mass is 10.1. The first-order valence-corrected chi connectivity index (χ1v) is 9.81. The van der Waals surface area contributed by atoms with E-state index in [1.165, 1.54) is 12.1 Å². The molecule has 0 aliphatic rings. The monoisotopic (exact) mass is 426 g/mol. The number of amides is 1. The molecule has 0 radical (unpaired) electrons. The molecule has 0 saturated carbocycles. The van der Waals surface area contributed by atoms with Crippen LogP contribution in [0.1, 0.15) is 15.9 Å². The summed E-state index contributed by atoms with van der Waals surface area (Å²) in [5.41, 5.74) is 1.27. The molecule has 2 aromatic carbocycles. The Labute approximate surface area is 155 Å². The number of benzene rings is 2. The second-order valence-corrected chi connectivity index (χ2v) is 7.91. The number of carbonyl (C=O) groups is 1. The minimum absolute atomic E-state index is 0.143. The number of halogens is 1. The maximum absolute atomic E-state index is 12.2. The van der Waals surface area contributed by atoms with E-state index < -0.39 is 10.0 Å². The van der Waals surface area contributed by atoms with Crippen LogP contribution in [0, 0.1) is 0 Å². The first-order valence-electron chi connectivity index (χ1n) is 7.54. The standard InChI is InChI=1S/C17H19BrN2O4S/c1-24-11-10-19-17(21)14-4-2-13(3-5-14)12-20-25(22,23)16-8-6-15(18)7-9-16/h2-9,20H,10-12H2,1H3,(H,19,21). The largest absolute Gasteiger partial charge is 0.383 e. The van der Waals surface area contributed by atoms with E-state index in [0.717, 1.165) is 10.0 Å². The van der Waals surface area contributed by atoms with Crippen LogP contribution in [-0.2, 0) is 21.3 Å². The summed E-state index contributed by atoms with van der Waals surface area (Å²) in [4.78, 5) is 12.1. The highest BCUT2D eigenvalue weighted by Crippen LogP contribution is 2.15. The second-order valence-electron chi connectivity index (χ2n) is 5.22. The zero-order valence-corrected chi connectivity index (χ0v) is 16.1. The summed E-state index contributed by atoms with van der Waals surface area (Å²) in [6.45, 7) is 1.02. The van der Waals surface area contributed by atoms with Crippen LogP contribution in [-0.4, -0.2) is 34.6 Å². The molecule has 0 aliphatic carbocycles. The fourth-order valence-electron chi connectivity index (χ4n) is 2.02. The summed E-state index contributed by atoms with van der Waals surface area (Å²) < 4.78 is 32.7. The molecule has 134 valence electrons. The molecule has 2 N–H and O–H groups in total. The van der Waals surface area contributed by atoms with E-state index in [9.17, 15) is 13.2 Å². The highest BCUT2D eigenvalue weighted by atomic mass is 79.9. The van der Waals surface area contributed by atoms with Gasteiger partial charge in [0.25, 0.3) is 5.91 Å². The summed E-state index contributed by atoms with van der Waals surface area (Å²) in [5, 5.41) is 2.72. The first kappa shape index (κ1) is 19.6. The van der Waals surface area contributed by atoms with Crippen molar-refractivity contribution < 1.29 is 17.9 Å². The van der Waals surface area contributed by atoms with Crippen LogP contribution in [0.5, 0.6) is 0 Å². The van der Waals surface area contributed by atoms with E-state index in [4.69, 9.17) is 4.74 Å². The number of nitrogens with one attached hydrogen (secondary N) is 2. The lowest BCUT2D eigenvalue weighted by molar-refractivity contribution is 0.0937. The average Bonchev–Trinajstić information content (AvgIpc) is 2.61. The molecular formula is C17H19BrN2O4S. The molecule has 8 heteroatoms. The minimum atomic E-state index is -3.58. The molecule has 6 nitrogen and oxygen atoms in total. The third-order valence-corrected chi connectivity index (χ3v) is 5.34. The molecule has 0 aromatic heterocycles. The van der Waals surface area contributed by atoms with E-state index in [1.807, 2.05) is 0 Å². The molecule has 0 heterocycles. The van der Waals surface area contributed by atoms with Crippen molar-refractivity contribution in [3.63, 3.8) is 0 Å². The number of ether oxygens (including phenoxy) is 1. The van der Waals surface area contributed by atoms with Crippen molar-refractivity contribution in [2.45, 2.75) is 11.4 Å². The smallest absolute Gasteiger partial charge is 0.251 e. The maximum atomic E-state index is 12.2. The molecule has 2 rings (SSSR count). The van der Waals surface area contributed by atoms with Crippen molar-refractivity contribution in [3.05, 3.63) is 64.1 Å². The van der Waals surface area contributed by atoms with Crippen molar-refractivity contribution in [3.8, 4) is 0 Å². The lowest BCUT2D eigenvalue weighted by Crippen LogP contribution is -2.27. The van der Waals surface area contributed by atoms with E-state index in [1.54, 1.807) is 43.5 Å². The zero-order valence-electron chi connectivity index (χ0n) is 13.7. The van der Waals surface area contributed by atoms with Crippen LogP contribution in [0.3, 0.4) is 0 Å². The van der Waals surface area contributed by atoms with Crippen LogP contribution in [0.15, 0.2) is 57.9 Å². The van der Waals surface area contributed by atoms with Gasteiger partial charge in [0.15, 0.2) is 0 Å². The van der Waals surface area contributed by atoms with Crippen molar-refractivity contribution in [1.29, 1.82) is 0 Å². The fraction of sp³-hybridized carbons (Fsp3) is 0.235. The molecule has 2 aromatic rings. The van der Waals surface area contributed by atoms with Gasteiger partial charge in [0.05, 0.1) is 11.5 Å². The Bertz CT molecular complexity index is 806. The van der Waals surface area contributed by atoms with Crippen molar-refractivity contribution in [2.75, 3.05) is 20.3 Å². The summed E-state index contributed by atoms with van der Waals surface area (Å²) >= 11 is 3.27. The number of sulfonamides is 1. The maximum Gasteiger partial charge on any atom is 0.251 e. The number of methoxy groups -OCH3 is 1. The van der Waals surface area contributed by atoms with Crippen LogP contribution in [0.2, 0.25) is 0 Å². The van der Waals surface area contributed by atoms with Crippen LogP contribution in [0.25, 0.3) is 0 Å². The summed E-state index contributed by atoms with van der Waals surface area (Å²) in [7, 11) is -2.01. The summed E-state index contributed by atoms with van der Waals surface area (Å²) in [6, 6.07) is 13.2. The number of hydrogen-bond acceptors (Lipinski definition) is 4. The van der Waals surface area contributed by atoms with Gasteiger partial charge in [0.1, 0.15) is 0 Å². The van der Waals surface area contributed by atoms with E-state index in [-0.39, 0.29) is 17.3 Å². The van der Waals surface area contributed by atoms with Gasteiger partial charge in [0, 0.05) is 30.2 Å². The first-order chi connectivity index (χ1) is 11.9. The molecule has 0 fully saturated rings. The lowest BCUT2D eigenvalue weighted by Gasteiger charge is -2.08. The Morgan fingerprint density at radius 3 is 2.32 bits per heavy atom. The van der Waals surface area contributed by atoms with Gasteiger partial charge in [-0.05, 0) is 42.0 Å². The molecule has 0 aliphatic heterocycles. The van der Waals surface area contributed by atoms with Crippen molar-refractivity contribution in [1.82, 2.24) is 10.0 Å². The van der Waals surface area contributed by atoms with E-state index in [2.05, 4.69) is 26.0 Å². The van der Waals surface area contributed by atoms with Crippen molar-refractivity contribution in [2.24, 2.45) is 0 Å². The molecule has 0 spiro atoms. The Hall–Kier alpha value is -1.74. The quantitative estimate of drug-likeness (QED) is 0.634. The van der Waals surface area contributed by atoms with Crippen LogP contribution in [0.4, 0.5) is 0 Å². The summed E-state index contributed by atoms with van der Waals surface area (Å²) in [5.74, 6) is -0.195. The predicted octanol–water partition coefficient (Wildman–Crippen LogP) is 2.30. The molecule has 0 atom stereocenters. The number of rotatable bonds is 8. The third-order valence-electron chi connectivity index (χ3n) is 3.40. The molecule has 0 unspecified atom stereocenters. The van der Waals surface area contributed by atoms with Gasteiger partial charge < -0.3 is 10.1 Å². The summed E-state index contributed by atoms with van der Waals surface area (Å²) in [6.07, 6.45) is 0. The SMILES string of the molecule is COCCNC(=O)c1ccc(CNS(=O)(=O)c2ccc(Br)cc2)cc1. The van der Waals surface area contributed by atoms with Crippen molar-refractivity contribution >= 4 is 31.9 Å². The highest BCUT2D eigenvalue weighted by Gasteiger charge is 2.13. The van der Waals surface area contributed by atoms with Gasteiger partial charge in [-0.2, -0.15) is 0 Å². The van der Waals surface area contributed by atoms with Gasteiger partial charge in [0.2, 0.25) is 10.0 Å². The minimum Gasteiger partial charge on any atom is -0.383 e. The van der Waals surface area contributed by atoms with Gasteiger partial charge in [-0.15, -0.1) is 0 Å². The Morgan fingerprint density at radius 2 is 1.72 bits per heavy atom. The van der Waals surface area contributed by atoms with Gasteiger partial charge in [-0.3, -0.25) is 4.79 Å². The zero-order chi connectivity index (χ0) is 18.3. The number of carbonyl (C=O) groups excluding carboxylic acids is 1. The topological polar surface area (TPSA) is 84.5 Å². The van der Waals surface area contributed by atoms with Gasteiger partial charge >= 0.3 is 0 Å². The molecule has 0 saturated heterocycles. The predicted molar refractivity (Wildman–Crippen MR) is 98.8 cm³/mol. The van der Waals surface area contributed by atoms with E-state index in [0.29, 0.717) is 18.7 Å². The highest BCUT2D eigenvalue weighted by molar-refractivity contribution is 9.10. The number of hydrogen-bond donors (Lipinski definition) is 2.